The molecule has 0 aromatic heterocycles. The van der Waals surface area contributed by atoms with Gasteiger partial charge >= 0.3 is 6.18 Å². The van der Waals surface area contributed by atoms with Crippen LogP contribution in [0.25, 0.3) is 0 Å². The van der Waals surface area contributed by atoms with E-state index in [0.29, 0.717) is 19.6 Å². The number of halogens is 4. The van der Waals surface area contributed by atoms with Crippen LogP contribution in [0.15, 0.2) is 0 Å². The van der Waals surface area contributed by atoms with Gasteiger partial charge < -0.3 is 9.64 Å². The molecule has 0 rings (SSSR count). The lowest BCUT2D eigenvalue weighted by Gasteiger charge is -2.25. The fraction of sp³-hybridized carbons (Fsp3) is 0.900. The molecule has 0 aromatic carbocycles. The number of amides is 1. The molecular weight excluding hydrogens is 303 g/mol. The molecule has 0 aliphatic rings. The van der Waals surface area contributed by atoms with Gasteiger partial charge in [-0.15, -0.1) is 0 Å². The largest absolute Gasteiger partial charge is 0.406 e. The van der Waals surface area contributed by atoms with E-state index in [1.165, 1.54) is 6.92 Å². The van der Waals surface area contributed by atoms with E-state index in [1.807, 2.05) is 0 Å². The Hall–Kier alpha value is -0.300. The lowest BCUT2D eigenvalue weighted by molar-refractivity contribution is -0.160. The molecule has 102 valence electrons. The summed E-state index contributed by atoms with van der Waals surface area (Å²) < 4.78 is 41.8. The van der Waals surface area contributed by atoms with E-state index in [-0.39, 0.29) is 6.54 Å². The molecule has 0 fully saturated rings. The normalized spacial score (nSPS) is 13.5. The first-order valence-electron chi connectivity index (χ1n) is 5.35. The maximum absolute atomic E-state index is 12.3. The van der Waals surface area contributed by atoms with Crippen LogP contribution in [-0.4, -0.2) is 48.1 Å². The van der Waals surface area contributed by atoms with Crippen LogP contribution in [0, 0.1) is 0 Å². The maximum Gasteiger partial charge on any atom is 0.406 e. The van der Waals surface area contributed by atoms with Crippen LogP contribution in [0.5, 0.6) is 0 Å². The van der Waals surface area contributed by atoms with Crippen molar-refractivity contribution in [3.8, 4) is 0 Å². The number of hydrogen-bond acceptors (Lipinski definition) is 2. The Bertz CT molecular complexity index is 234. The molecule has 0 N–H and O–H groups in total. The summed E-state index contributed by atoms with van der Waals surface area (Å²) in [4.78, 5) is 11.7. The Morgan fingerprint density at radius 1 is 1.47 bits per heavy atom. The average Bonchev–Trinajstić information content (AvgIpc) is 2.19. The molecule has 0 saturated carbocycles. The summed E-state index contributed by atoms with van der Waals surface area (Å²) in [5.74, 6) is -0.557. The van der Waals surface area contributed by atoms with Gasteiger partial charge in [0.15, 0.2) is 0 Å². The fourth-order valence-electron chi connectivity index (χ4n) is 1.24. The molecule has 1 amide bonds. The maximum atomic E-state index is 12.3. The van der Waals surface area contributed by atoms with Crippen molar-refractivity contribution in [3.05, 3.63) is 0 Å². The predicted molar refractivity (Wildman–Crippen MR) is 62.1 cm³/mol. The Morgan fingerprint density at radius 3 is 2.47 bits per heavy atom. The van der Waals surface area contributed by atoms with Crippen molar-refractivity contribution in [1.29, 1.82) is 0 Å². The molecule has 3 nitrogen and oxygen atoms in total. The van der Waals surface area contributed by atoms with E-state index in [2.05, 4.69) is 15.9 Å². The van der Waals surface area contributed by atoms with Gasteiger partial charge in [-0.3, -0.25) is 4.79 Å². The van der Waals surface area contributed by atoms with Crippen LogP contribution in [0.3, 0.4) is 0 Å². The lowest BCUT2D eigenvalue weighted by Crippen LogP contribution is -2.42. The third-order valence-corrected chi connectivity index (χ3v) is 2.33. The Morgan fingerprint density at radius 2 is 2.06 bits per heavy atom. The highest BCUT2D eigenvalue weighted by Gasteiger charge is 2.33. The van der Waals surface area contributed by atoms with Crippen molar-refractivity contribution >= 4 is 21.8 Å². The number of carbonyl (C=O) groups is 1. The topological polar surface area (TPSA) is 29.5 Å². The first-order valence-corrected chi connectivity index (χ1v) is 6.27. The highest BCUT2D eigenvalue weighted by atomic mass is 79.9. The zero-order chi connectivity index (χ0) is 13.5. The van der Waals surface area contributed by atoms with Gasteiger partial charge in [-0.25, -0.2) is 0 Å². The van der Waals surface area contributed by atoms with Crippen LogP contribution in [-0.2, 0) is 9.53 Å². The molecule has 0 heterocycles. The van der Waals surface area contributed by atoms with E-state index in [1.54, 1.807) is 6.92 Å². The molecule has 0 bridgehead atoms. The molecule has 7 heteroatoms. The fourth-order valence-corrected chi connectivity index (χ4v) is 1.53. The van der Waals surface area contributed by atoms with Crippen LogP contribution in [0.2, 0.25) is 0 Å². The number of rotatable bonds is 7. The third-order valence-electron chi connectivity index (χ3n) is 1.94. The summed E-state index contributed by atoms with van der Waals surface area (Å²) in [5.41, 5.74) is 0. The van der Waals surface area contributed by atoms with Crippen LogP contribution in [0.4, 0.5) is 13.2 Å². The summed E-state index contributed by atoms with van der Waals surface area (Å²) in [6.45, 7) is 3.02. The van der Waals surface area contributed by atoms with Gasteiger partial charge in [0.25, 0.3) is 0 Å². The predicted octanol–water partition coefficient (Wildman–Crippen LogP) is 2.59. The molecule has 1 atom stereocenters. The van der Waals surface area contributed by atoms with Crippen molar-refractivity contribution in [1.82, 2.24) is 4.90 Å². The zero-order valence-corrected chi connectivity index (χ0v) is 11.5. The van der Waals surface area contributed by atoms with Crippen LogP contribution >= 0.6 is 15.9 Å². The second kappa shape index (κ2) is 7.92. The minimum atomic E-state index is -4.37. The Balaban J connectivity index is 4.26. The van der Waals surface area contributed by atoms with E-state index in [0.717, 1.165) is 4.90 Å². The monoisotopic (exact) mass is 319 g/mol. The average molecular weight is 320 g/mol. The third kappa shape index (κ3) is 8.43. The van der Waals surface area contributed by atoms with Gasteiger partial charge in [-0.05, 0) is 20.3 Å². The molecule has 0 aliphatic carbocycles. The standard InChI is InChI=1S/C10H17BrF3NO2/c1-3-17-6-4-5-15(7-10(12,13)14)9(16)8(2)11/h8H,3-7H2,1-2H3. The molecule has 1 unspecified atom stereocenters. The highest BCUT2D eigenvalue weighted by molar-refractivity contribution is 9.10. The minimum Gasteiger partial charge on any atom is -0.382 e. The van der Waals surface area contributed by atoms with Crippen LogP contribution in [0.1, 0.15) is 20.3 Å². The molecule has 0 saturated heterocycles. The van der Waals surface area contributed by atoms with E-state index >= 15 is 0 Å². The van der Waals surface area contributed by atoms with Gasteiger partial charge in [-0.2, -0.15) is 13.2 Å². The van der Waals surface area contributed by atoms with Gasteiger partial charge in [0.05, 0.1) is 4.83 Å². The van der Waals surface area contributed by atoms with Crippen molar-refractivity contribution in [2.24, 2.45) is 0 Å². The van der Waals surface area contributed by atoms with Crippen LogP contribution < -0.4 is 0 Å². The van der Waals surface area contributed by atoms with Crippen molar-refractivity contribution in [2.75, 3.05) is 26.3 Å². The summed E-state index contributed by atoms with van der Waals surface area (Å²) in [5, 5.41) is 0. The molecule has 0 aromatic rings. The summed E-state index contributed by atoms with van der Waals surface area (Å²) in [7, 11) is 0. The van der Waals surface area contributed by atoms with Crippen molar-refractivity contribution < 1.29 is 22.7 Å². The van der Waals surface area contributed by atoms with Gasteiger partial charge in [0.2, 0.25) is 5.91 Å². The number of ether oxygens (including phenoxy) is 1. The number of nitrogens with zero attached hydrogens (tertiary/aromatic N) is 1. The quantitative estimate of drug-likeness (QED) is 0.533. The molecular formula is C10H17BrF3NO2. The van der Waals surface area contributed by atoms with Gasteiger partial charge in [0.1, 0.15) is 6.54 Å². The van der Waals surface area contributed by atoms with Gasteiger partial charge in [-0.1, -0.05) is 15.9 Å². The Kier molecular flexibility index (Phi) is 7.78. The second-order valence-corrected chi connectivity index (χ2v) is 4.91. The smallest absolute Gasteiger partial charge is 0.382 e. The second-order valence-electron chi connectivity index (χ2n) is 3.54. The zero-order valence-electron chi connectivity index (χ0n) is 9.89. The number of alkyl halides is 4. The van der Waals surface area contributed by atoms with Crippen molar-refractivity contribution in [2.45, 2.75) is 31.3 Å². The van der Waals surface area contributed by atoms with Crippen molar-refractivity contribution in [3.63, 3.8) is 0 Å². The molecule has 0 radical (unpaired) electrons. The molecule has 17 heavy (non-hydrogen) atoms. The molecule has 0 aliphatic heterocycles. The Labute approximate surface area is 107 Å². The van der Waals surface area contributed by atoms with Gasteiger partial charge in [0, 0.05) is 19.8 Å². The summed E-state index contributed by atoms with van der Waals surface area (Å²) >= 11 is 2.98. The highest BCUT2D eigenvalue weighted by Crippen LogP contribution is 2.18. The summed E-state index contributed by atoms with van der Waals surface area (Å²) in [6, 6.07) is 0. The number of hydrogen-bond donors (Lipinski definition) is 0. The first kappa shape index (κ1) is 16.7. The van der Waals surface area contributed by atoms with E-state index in [9.17, 15) is 18.0 Å². The first-order chi connectivity index (χ1) is 7.78. The number of carbonyl (C=O) groups excluding carboxylic acids is 1. The minimum absolute atomic E-state index is 0.0499. The van der Waals surface area contributed by atoms with E-state index in [4.69, 9.17) is 4.74 Å². The lowest BCUT2D eigenvalue weighted by atomic mass is 10.3. The SMILES string of the molecule is CCOCCCN(CC(F)(F)F)C(=O)C(C)Br. The molecule has 0 spiro atoms. The summed E-state index contributed by atoms with van der Waals surface area (Å²) in [6.07, 6.45) is -3.97. The van der Waals surface area contributed by atoms with E-state index < -0.39 is 23.5 Å².